The fourth-order valence-electron chi connectivity index (χ4n) is 3.72. The average molecular weight is 240 g/mol. The van der Waals surface area contributed by atoms with Gasteiger partial charge >= 0.3 is 0 Å². The lowest BCUT2D eigenvalue weighted by molar-refractivity contribution is 0.106. The zero-order chi connectivity index (χ0) is 12.3. The summed E-state index contributed by atoms with van der Waals surface area (Å²) in [5.41, 5.74) is 0. The van der Waals surface area contributed by atoms with Crippen molar-refractivity contribution in [3.63, 3.8) is 0 Å². The minimum absolute atomic E-state index is 0.331. The van der Waals surface area contributed by atoms with E-state index in [-0.39, 0.29) is 0 Å². The Hall–Kier alpha value is -0.120. The summed E-state index contributed by atoms with van der Waals surface area (Å²) < 4.78 is 0. The highest BCUT2D eigenvalue weighted by molar-refractivity contribution is 4.89. The number of hydrogen-bond donors (Lipinski definition) is 2. The second-order valence-electron chi connectivity index (χ2n) is 5.95. The number of rotatable bonds is 4. The first-order chi connectivity index (χ1) is 8.26. The van der Waals surface area contributed by atoms with Crippen molar-refractivity contribution in [3.05, 3.63) is 0 Å². The summed E-state index contributed by atoms with van der Waals surface area (Å²) >= 11 is 0. The van der Waals surface area contributed by atoms with Gasteiger partial charge in [-0.25, -0.2) is 0 Å². The van der Waals surface area contributed by atoms with Gasteiger partial charge in [0.1, 0.15) is 0 Å². The number of nitrogens with one attached hydrogen (secondary N) is 1. The zero-order valence-electron chi connectivity index (χ0n) is 11.4. The molecule has 0 aromatic carbocycles. The van der Waals surface area contributed by atoms with E-state index in [0.29, 0.717) is 24.6 Å². The molecule has 0 spiro atoms. The van der Waals surface area contributed by atoms with E-state index >= 15 is 0 Å². The van der Waals surface area contributed by atoms with Gasteiger partial charge in [0.05, 0.1) is 6.61 Å². The minimum atomic E-state index is 0.331. The van der Waals surface area contributed by atoms with E-state index in [0.717, 1.165) is 5.92 Å². The molecule has 2 rings (SSSR count). The van der Waals surface area contributed by atoms with Crippen LogP contribution in [0.4, 0.5) is 0 Å². The third-order valence-corrected chi connectivity index (χ3v) is 4.93. The summed E-state index contributed by atoms with van der Waals surface area (Å²) in [6, 6.07) is 1.11. The van der Waals surface area contributed by atoms with Crippen LogP contribution in [0.25, 0.3) is 0 Å². The Kier molecular flexibility index (Phi) is 4.83. The SMILES string of the molecule is CNC1CCCCC1CN1CCC(C)C1CO. The monoisotopic (exact) mass is 240 g/mol. The Morgan fingerprint density at radius 1 is 1.24 bits per heavy atom. The predicted molar refractivity (Wildman–Crippen MR) is 71.0 cm³/mol. The molecule has 1 aliphatic heterocycles. The summed E-state index contributed by atoms with van der Waals surface area (Å²) in [6.45, 7) is 4.97. The lowest BCUT2D eigenvalue weighted by Crippen LogP contribution is -2.45. The lowest BCUT2D eigenvalue weighted by atomic mass is 9.84. The van der Waals surface area contributed by atoms with Gasteiger partial charge < -0.3 is 10.4 Å². The Morgan fingerprint density at radius 3 is 2.71 bits per heavy atom. The van der Waals surface area contributed by atoms with Crippen molar-refractivity contribution < 1.29 is 5.11 Å². The van der Waals surface area contributed by atoms with Gasteiger partial charge in [0, 0.05) is 18.6 Å². The van der Waals surface area contributed by atoms with E-state index in [2.05, 4.69) is 24.2 Å². The lowest BCUT2D eigenvalue weighted by Gasteiger charge is -2.36. The van der Waals surface area contributed by atoms with Crippen LogP contribution in [0.5, 0.6) is 0 Å². The Balaban J connectivity index is 1.90. The van der Waals surface area contributed by atoms with Gasteiger partial charge in [0.25, 0.3) is 0 Å². The molecule has 4 atom stereocenters. The largest absolute Gasteiger partial charge is 0.395 e. The molecule has 2 aliphatic rings. The smallest absolute Gasteiger partial charge is 0.0589 e. The molecule has 2 fully saturated rings. The van der Waals surface area contributed by atoms with E-state index in [4.69, 9.17) is 0 Å². The summed E-state index contributed by atoms with van der Waals surface area (Å²) in [4.78, 5) is 2.53. The fraction of sp³-hybridized carbons (Fsp3) is 1.00. The molecule has 1 aliphatic carbocycles. The molecular weight excluding hydrogens is 212 g/mol. The van der Waals surface area contributed by atoms with Gasteiger partial charge in [-0.3, -0.25) is 4.90 Å². The molecule has 3 heteroatoms. The summed E-state index contributed by atoms with van der Waals surface area (Å²) in [6.07, 6.45) is 6.70. The maximum Gasteiger partial charge on any atom is 0.0589 e. The maximum absolute atomic E-state index is 9.50. The number of nitrogens with zero attached hydrogens (tertiary/aromatic N) is 1. The van der Waals surface area contributed by atoms with Gasteiger partial charge in [-0.15, -0.1) is 0 Å². The molecular formula is C14H28N2O. The Bertz CT molecular complexity index is 232. The number of likely N-dealkylation sites (tertiary alicyclic amines) is 1. The molecule has 100 valence electrons. The van der Waals surface area contributed by atoms with Gasteiger partial charge in [-0.1, -0.05) is 19.8 Å². The highest BCUT2D eigenvalue weighted by Gasteiger charge is 2.34. The van der Waals surface area contributed by atoms with Crippen molar-refractivity contribution in [2.75, 3.05) is 26.7 Å². The van der Waals surface area contributed by atoms with Crippen molar-refractivity contribution in [1.29, 1.82) is 0 Å². The fourth-order valence-corrected chi connectivity index (χ4v) is 3.72. The van der Waals surface area contributed by atoms with Gasteiger partial charge in [-0.05, 0) is 44.7 Å². The van der Waals surface area contributed by atoms with Crippen molar-refractivity contribution in [3.8, 4) is 0 Å². The first-order valence-electron chi connectivity index (χ1n) is 7.28. The molecule has 0 bridgehead atoms. The normalized spacial score (nSPS) is 39.7. The van der Waals surface area contributed by atoms with Crippen molar-refractivity contribution >= 4 is 0 Å². The third kappa shape index (κ3) is 3.01. The van der Waals surface area contributed by atoms with E-state index in [1.165, 1.54) is 45.2 Å². The zero-order valence-corrected chi connectivity index (χ0v) is 11.4. The molecule has 0 aromatic heterocycles. The van der Waals surface area contributed by atoms with Crippen LogP contribution >= 0.6 is 0 Å². The van der Waals surface area contributed by atoms with Crippen LogP contribution in [0.15, 0.2) is 0 Å². The van der Waals surface area contributed by atoms with Crippen LogP contribution in [0.1, 0.15) is 39.0 Å². The van der Waals surface area contributed by atoms with Crippen LogP contribution in [0.3, 0.4) is 0 Å². The van der Waals surface area contributed by atoms with Gasteiger partial charge in [0.2, 0.25) is 0 Å². The van der Waals surface area contributed by atoms with Crippen LogP contribution in [-0.4, -0.2) is 48.8 Å². The molecule has 2 N–H and O–H groups in total. The summed E-state index contributed by atoms with van der Waals surface area (Å²) in [5.74, 6) is 1.45. The summed E-state index contributed by atoms with van der Waals surface area (Å²) in [7, 11) is 2.10. The first kappa shape index (κ1) is 13.3. The molecule has 1 saturated heterocycles. The molecule has 1 heterocycles. The maximum atomic E-state index is 9.50. The molecule has 0 amide bonds. The van der Waals surface area contributed by atoms with Crippen molar-refractivity contribution in [2.24, 2.45) is 11.8 Å². The Labute approximate surface area is 106 Å². The van der Waals surface area contributed by atoms with Crippen LogP contribution < -0.4 is 5.32 Å². The number of aliphatic hydroxyl groups is 1. The van der Waals surface area contributed by atoms with E-state index in [9.17, 15) is 5.11 Å². The van der Waals surface area contributed by atoms with Crippen molar-refractivity contribution in [1.82, 2.24) is 10.2 Å². The average Bonchev–Trinajstić information content (AvgIpc) is 2.70. The van der Waals surface area contributed by atoms with E-state index < -0.39 is 0 Å². The van der Waals surface area contributed by atoms with E-state index in [1.807, 2.05) is 0 Å². The van der Waals surface area contributed by atoms with Gasteiger partial charge in [-0.2, -0.15) is 0 Å². The molecule has 0 radical (unpaired) electrons. The van der Waals surface area contributed by atoms with Crippen LogP contribution in [-0.2, 0) is 0 Å². The standard InChI is InChI=1S/C14H28N2O/c1-11-7-8-16(14(11)10-17)9-12-5-3-4-6-13(12)15-2/h11-15,17H,3-10H2,1-2H3. The molecule has 1 saturated carbocycles. The van der Waals surface area contributed by atoms with Crippen LogP contribution in [0, 0.1) is 11.8 Å². The second-order valence-corrected chi connectivity index (χ2v) is 5.95. The topological polar surface area (TPSA) is 35.5 Å². The number of hydrogen-bond acceptors (Lipinski definition) is 3. The third-order valence-electron chi connectivity index (χ3n) is 4.93. The highest BCUT2D eigenvalue weighted by atomic mass is 16.3. The predicted octanol–water partition coefficient (Wildman–Crippen LogP) is 1.47. The van der Waals surface area contributed by atoms with Gasteiger partial charge in [0.15, 0.2) is 0 Å². The molecule has 17 heavy (non-hydrogen) atoms. The molecule has 4 unspecified atom stereocenters. The summed E-state index contributed by atoms with van der Waals surface area (Å²) in [5, 5.41) is 13.0. The van der Waals surface area contributed by atoms with Crippen LogP contribution in [0.2, 0.25) is 0 Å². The quantitative estimate of drug-likeness (QED) is 0.781. The molecule has 0 aromatic rings. The first-order valence-corrected chi connectivity index (χ1v) is 7.28. The Morgan fingerprint density at radius 2 is 2.00 bits per heavy atom. The number of aliphatic hydroxyl groups excluding tert-OH is 1. The second kappa shape index (κ2) is 6.17. The molecule has 3 nitrogen and oxygen atoms in total. The van der Waals surface area contributed by atoms with E-state index in [1.54, 1.807) is 0 Å². The van der Waals surface area contributed by atoms with Crippen molar-refractivity contribution in [2.45, 2.75) is 51.1 Å². The highest BCUT2D eigenvalue weighted by Crippen LogP contribution is 2.29. The minimum Gasteiger partial charge on any atom is -0.395 e.